The molecule has 1 saturated heterocycles. The van der Waals surface area contributed by atoms with E-state index in [1.165, 1.54) is 5.56 Å². The molecule has 3 nitrogen and oxygen atoms in total. The van der Waals surface area contributed by atoms with Crippen LogP contribution < -0.4 is 5.73 Å². The van der Waals surface area contributed by atoms with Gasteiger partial charge < -0.3 is 10.5 Å². The molecule has 1 aliphatic rings. The summed E-state index contributed by atoms with van der Waals surface area (Å²) >= 11 is 0. The summed E-state index contributed by atoms with van der Waals surface area (Å²) < 4.78 is 5.15. The van der Waals surface area contributed by atoms with E-state index in [0.29, 0.717) is 5.92 Å². The molecule has 2 N–H and O–H groups in total. The minimum Gasteiger partial charge on any atom is -0.383 e. The van der Waals surface area contributed by atoms with Crippen LogP contribution in [0.2, 0.25) is 0 Å². The Balaban J connectivity index is 2.15. The smallest absolute Gasteiger partial charge is 0.0589 e. The number of likely N-dealkylation sites (tertiary alicyclic amines) is 1. The number of nitrogens with zero attached hydrogens (tertiary/aromatic N) is 1. The van der Waals surface area contributed by atoms with E-state index in [2.05, 4.69) is 29.2 Å². The Labute approximate surface area is 121 Å². The third-order valence-electron chi connectivity index (χ3n) is 3.72. The first-order valence-corrected chi connectivity index (χ1v) is 7.16. The van der Waals surface area contributed by atoms with E-state index >= 15 is 0 Å². The molecule has 0 bridgehead atoms. The lowest BCUT2D eigenvalue weighted by Crippen LogP contribution is -2.30. The molecule has 1 aromatic rings. The maximum absolute atomic E-state index is 6.32. The highest BCUT2D eigenvalue weighted by atomic mass is 16.5. The predicted molar refractivity (Wildman–Crippen MR) is 83.1 cm³/mol. The van der Waals surface area contributed by atoms with Gasteiger partial charge in [-0.1, -0.05) is 54.6 Å². The van der Waals surface area contributed by atoms with E-state index in [-0.39, 0.29) is 6.04 Å². The Hall–Kier alpha value is -1.42. The van der Waals surface area contributed by atoms with Crippen LogP contribution in [-0.2, 0) is 4.74 Å². The normalized spacial score (nSPS) is 22.5. The molecule has 1 aliphatic heterocycles. The Bertz CT molecular complexity index is 438. The summed E-state index contributed by atoms with van der Waals surface area (Å²) in [4.78, 5) is 2.38. The zero-order chi connectivity index (χ0) is 14.2. The average molecular weight is 272 g/mol. The molecule has 0 saturated carbocycles. The van der Waals surface area contributed by atoms with Gasteiger partial charge in [-0.05, 0) is 5.56 Å². The van der Waals surface area contributed by atoms with Gasteiger partial charge in [-0.2, -0.15) is 0 Å². The molecule has 108 valence electrons. The zero-order valence-corrected chi connectivity index (χ0v) is 12.1. The van der Waals surface area contributed by atoms with Crippen molar-refractivity contribution in [2.24, 2.45) is 5.73 Å². The van der Waals surface area contributed by atoms with Crippen molar-refractivity contribution >= 4 is 0 Å². The molecule has 0 radical (unpaired) electrons. The van der Waals surface area contributed by atoms with E-state index in [0.717, 1.165) is 26.2 Å². The van der Waals surface area contributed by atoms with Gasteiger partial charge in [-0.15, -0.1) is 0 Å². The van der Waals surface area contributed by atoms with Crippen LogP contribution in [0.25, 0.3) is 0 Å². The van der Waals surface area contributed by atoms with Gasteiger partial charge in [0.25, 0.3) is 0 Å². The van der Waals surface area contributed by atoms with Crippen LogP contribution >= 0.6 is 0 Å². The highest BCUT2D eigenvalue weighted by Gasteiger charge is 2.30. The maximum atomic E-state index is 6.32. The lowest BCUT2D eigenvalue weighted by molar-refractivity contribution is 0.160. The number of ether oxygens (including phenoxy) is 1. The van der Waals surface area contributed by atoms with Gasteiger partial charge in [-0.3, -0.25) is 4.90 Å². The second kappa shape index (κ2) is 8.00. The summed E-state index contributed by atoms with van der Waals surface area (Å²) in [7, 11) is 1.74. The van der Waals surface area contributed by atoms with E-state index in [9.17, 15) is 0 Å². The van der Waals surface area contributed by atoms with Crippen LogP contribution in [0.5, 0.6) is 0 Å². The summed E-state index contributed by atoms with van der Waals surface area (Å²) in [5.74, 6) is 0.393. The Morgan fingerprint density at radius 2 is 1.65 bits per heavy atom. The van der Waals surface area contributed by atoms with E-state index in [1.54, 1.807) is 7.11 Å². The second-order valence-electron chi connectivity index (χ2n) is 5.20. The number of hydrogen-bond acceptors (Lipinski definition) is 3. The number of hydrogen-bond donors (Lipinski definition) is 1. The molecular weight excluding hydrogens is 248 g/mol. The Morgan fingerprint density at radius 1 is 1.05 bits per heavy atom. The Morgan fingerprint density at radius 3 is 2.25 bits per heavy atom. The fraction of sp³-hybridized carbons (Fsp3) is 0.412. The van der Waals surface area contributed by atoms with Gasteiger partial charge in [0, 0.05) is 38.7 Å². The van der Waals surface area contributed by atoms with Crippen LogP contribution in [0, 0.1) is 0 Å². The summed E-state index contributed by atoms with van der Waals surface area (Å²) in [6, 6.07) is 18.9. The summed E-state index contributed by atoms with van der Waals surface area (Å²) in [6.45, 7) is 3.67. The third kappa shape index (κ3) is 4.30. The Kier molecular flexibility index (Phi) is 5.99. The van der Waals surface area contributed by atoms with Crippen LogP contribution in [0.3, 0.4) is 0 Å². The average Bonchev–Trinajstić information content (AvgIpc) is 2.83. The van der Waals surface area contributed by atoms with Crippen molar-refractivity contribution in [2.45, 2.75) is 12.0 Å². The van der Waals surface area contributed by atoms with E-state index in [4.69, 9.17) is 10.5 Å². The van der Waals surface area contributed by atoms with Crippen LogP contribution in [0.4, 0.5) is 0 Å². The minimum atomic E-state index is 0.193. The zero-order valence-electron chi connectivity index (χ0n) is 12.1. The largest absolute Gasteiger partial charge is 0.383 e. The number of methoxy groups -OCH3 is 1. The van der Waals surface area contributed by atoms with Gasteiger partial charge >= 0.3 is 0 Å². The molecular formula is C17H24N2O. The molecule has 0 aromatic heterocycles. The molecule has 20 heavy (non-hydrogen) atoms. The highest BCUT2D eigenvalue weighted by molar-refractivity contribution is 5.21. The monoisotopic (exact) mass is 272 g/mol. The van der Waals surface area contributed by atoms with Crippen LogP contribution in [-0.4, -0.2) is 44.3 Å². The van der Waals surface area contributed by atoms with Crippen molar-refractivity contribution < 1.29 is 4.74 Å². The van der Waals surface area contributed by atoms with Crippen molar-refractivity contribution in [3.8, 4) is 0 Å². The molecule has 1 aromatic carbocycles. The molecule has 2 atom stereocenters. The lowest BCUT2D eigenvalue weighted by atomic mass is 9.96. The van der Waals surface area contributed by atoms with Crippen LogP contribution in [0.1, 0.15) is 11.5 Å². The predicted octanol–water partition coefficient (Wildman–Crippen LogP) is 2.18. The van der Waals surface area contributed by atoms with Crippen LogP contribution in [0.15, 0.2) is 54.6 Å². The topological polar surface area (TPSA) is 38.5 Å². The third-order valence-corrected chi connectivity index (χ3v) is 3.72. The van der Waals surface area contributed by atoms with Crippen molar-refractivity contribution in [3.63, 3.8) is 0 Å². The van der Waals surface area contributed by atoms with Gasteiger partial charge in [-0.25, -0.2) is 0 Å². The summed E-state index contributed by atoms with van der Waals surface area (Å²) in [5, 5.41) is 0. The molecule has 1 heterocycles. The number of nitrogens with two attached hydrogens (primary N) is 1. The first-order chi connectivity index (χ1) is 9.81. The lowest BCUT2D eigenvalue weighted by Gasteiger charge is -2.15. The van der Waals surface area contributed by atoms with Crippen molar-refractivity contribution in [1.29, 1.82) is 0 Å². The maximum Gasteiger partial charge on any atom is 0.0589 e. The van der Waals surface area contributed by atoms with E-state index < -0.39 is 0 Å². The van der Waals surface area contributed by atoms with Gasteiger partial charge in [0.05, 0.1) is 6.61 Å². The molecule has 1 fully saturated rings. The summed E-state index contributed by atoms with van der Waals surface area (Å²) in [5.41, 5.74) is 7.62. The molecule has 3 heteroatoms. The standard InChI is InChI=1S/C17H24N2O/c1-20-12-11-19-13-16(17(18)14-19)15-9-7-5-3-2-4-6-8-10-15/h2-10,16-17H,11-14,18H2,1H3/t16?,17-/m1/s1. The molecule has 0 aliphatic carbocycles. The van der Waals surface area contributed by atoms with Gasteiger partial charge in [0.2, 0.25) is 0 Å². The second-order valence-corrected chi connectivity index (χ2v) is 5.20. The first kappa shape index (κ1) is 15.0. The van der Waals surface area contributed by atoms with Gasteiger partial charge in [0.1, 0.15) is 0 Å². The first-order valence-electron chi connectivity index (χ1n) is 7.16. The molecule has 0 spiro atoms. The highest BCUT2D eigenvalue weighted by Crippen LogP contribution is 2.25. The van der Waals surface area contributed by atoms with E-state index in [1.807, 2.05) is 30.3 Å². The van der Waals surface area contributed by atoms with Crippen molar-refractivity contribution in [3.05, 3.63) is 60.2 Å². The quantitative estimate of drug-likeness (QED) is 0.913. The number of rotatable bonds is 4. The fourth-order valence-electron chi connectivity index (χ4n) is 2.63. The SMILES string of the molecule is COCCN1CC(c2ccccccccc2)[C@H](N)C1. The van der Waals surface area contributed by atoms with Crippen molar-refractivity contribution in [1.82, 2.24) is 4.90 Å². The van der Waals surface area contributed by atoms with Crippen molar-refractivity contribution in [2.75, 3.05) is 33.4 Å². The molecule has 1 unspecified atom stereocenters. The van der Waals surface area contributed by atoms with Gasteiger partial charge in [0.15, 0.2) is 0 Å². The molecule has 2 rings (SSSR count). The fourth-order valence-corrected chi connectivity index (χ4v) is 2.63. The summed E-state index contributed by atoms with van der Waals surface area (Å²) in [6.07, 6.45) is 0. The minimum absolute atomic E-state index is 0.193. The molecule has 0 amide bonds.